The molecule has 15 heteroatoms. The average molecular weight is 654 g/mol. The molecule has 5 aromatic rings. The molecule has 0 saturated carbocycles. The van der Waals surface area contributed by atoms with Crippen LogP contribution in [0.15, 0.2) is 54.0 Å². The van der Waals surface area contributed by atoms with Gasteiger partial charge in [0.2, 0.25) is 12.7 Å². The van der Waals surface area contributed by atoms with Gasteiger partial charge in [-0.3, -0.25) is 15.0 Å². The Morgan fingerprint density at radius 3 is 2.60 bits per heavy atom. The lowest BCUT2D eigenvalue weighted by Crippen LogP contribution is -2.44. The van der Waals surface area contributed by atoms with E-state index in [9.17, 15) is 4.57 Å². The van der Waals surface area contributed by atoms with Gasteiger partial charge in [-0.25, -0.2) is 0 Å². The number of piperazine rings is 1. The van der Waals surface area contributed by atoms with Crippen LogP contribution in [0, 0.1) is 0 Å². The van der Waals surface area contributed by atoms with E-state index < -0.39 is 7.14 Å². The van der Waals surface area contributed by atoms with Crippen LogP contribution in [0.25, 0.3) is 27.6 Å². The molecule has 2 aliphatic rings. The molecule has 0 atom stereocenters. The third-order valence-electron chi connectivity index (χ3n) is 8.26. The molecular formula is C32H36N11O3P. The summed E-state index contributed by atoms with van der Waals surface area (Å²) < 4.78 is 25.7. The van der Waals surface area contributed by atoms with Gasteiger partial charge < -0.3 is 45.2 Å². The third-order valence-corrected chi connectivity index (χ3v) is 9.79. The van der Waals surface area contributed by atoms with Crippen molar-refractivity contribution >= 4 is 75.1 Å². The number of aliphatic imine (C=N–C) groups is 1. The lowest BCUT2D eigenvalue weighted by Gasteiger charge is -2.36. The normalized spacial score (nSPS) is 15.7. The number of nitrogens with zero attached hydrogens (tertiary/aromatic N) is 7. The number of likely N-dealkylation sites (N-methyl/N-ethyl adjacent to an activating group) is 1. The Balaban J connectivity index is 1.33. The summed E-state index contributed by atoms with van der Waals surface area (Å²) in [6.45, 7) is 6.98. The number of hydrogen-bond donors (Lipinski definition) is 4. The average Bonchev–Trinajstić information content (AvgIpc) is 3.74. The summed E-state index contributed by atoms with van der Waals surface area (Å²) in [4.78, 5) is 30.6. The Hall–Kier alpha value is -5.20. The van der Waals surface area contributed by atoms with E-state index in [1.54, 1.807) is 51.4 Å². The molecule has 2 aliphatic heterocycles. The summed E-state index contributed by atoms with van der Waals surface area (Å²) >= 11 is 0. The van der Waals surface area contributed by atoms with E-state index >= 15 is 0 Å². The molecule has 0 spiro atoms. The molecule has 1 fully saturated rings. The van der Waals surface area contributed by atoms with Gasteiger partial charge in [0.25, 0.3) is 0 Å². The molecule has 5 heterocycles. The molecule has 0 bridgehead atoms. The topological polar surface area (TPSA) is 172 Å². The molecule has 0 unspecified atom stereocenters. The first kappa shape index (κ1) is 30.5. The van der Waals surface area contributed by atoms with Gasteiger partial charge in [-0.15, -0.1) is 0 Å². The molecule has 0 aliphatic carbocycles. The fraction of sp³-hybridized carbons (Fsp3) is 0.281. The quantitative estimate of drug-likeness (QED) is 0.140. The second-order valence-corrected chi connectivity index (χ2v) is 15.0. The lowest BCUT2D eigenvalue weighted by atomic mass is 10.0. The van der Waals surface area contributed by atoms with Crippen LogP contribution in [0.5, 0.6) is 11.5 Å². The number of fused-ring (bicyclic) bond motifs is 3. The van der Waals surface area contributed by atoms with Gasteiger partial charge in [-0.1, -0.05) is 0 Å². The molecule has 7 rings (SSSR count). The van der Waals surface area contributed by atoms with Crippen molar-refractivity contribution in [3.63, 3.8) is 0 Å². The van der Waals surface area contributed by atoms with Crippen LogP contribution >= 0.6 is 7.14 Å². The zero-order chi connectivity index (χ0) is 32.7. The highest BCUT2D eigenvalue weighted by atomic mass is 31.2. The van der Waals surface area contributed by atoms with Crippen molar-refractivity contribution in [3.05, 3.63) is 54.6 Å². The van der Waals surface area contributed by atoms with Crippen LogP contribution in [0.3, 0.4) is 0 Å². The number of benzene rings is 2. The summed E-state index contributed by atoms with van der Waals surface area (Å²) in [5.74, 6) is 2.01. The van der Waals surface area contributed by atoms with E-state index in [0.717, 1.165) is 48.4 Å². The van der Waals surface area contributed by atoms with Gasteiger partial charge in [-0.05, 0) is 44.6 Å². The predicted molar refractivity (Wildman–Crippen MR) is 188 cm³/mol. The minimum absolute atomic E-state index is 0.0722. The molecule has 3 aromatic heterocycles. The number of ether oxygens (including phenoxy) is 2. The Morgan fingerprint density at radius 2 is 1.83 bits per heavy atom. The van der Waals surface area contributed by atoms with E-state index in [1.807, 2.05) is 24.3 Å². The molecule has 2 aromatic carbocycles. The van der Waals surface area contributed by atoms with Crippen molar-refractivity contribution in [2.45, 2.75) is 0 Å². The molecule has 1 saturated heterocycles. The number of hydrogen-bond acceptors (Lipinski definition) is 13. The standard InChI is InChI=1S/C32H36N11O3P/c1-34-17-19(16-33)21-15-24(27-28(46-18-45-27)26(21)43-13-11-42(2)12-14-43)39-32-40-30-20(7-8-37-30)31(41-32)38-23-6-5-22-25(36-10-9-35-22)29(23)47(3,4)44/h5-10,15-17H,11-14,18,33H2,1-4H3,(H3,37,38,39,40,41). The summed E-state index contributed by atoms with van der Waals surface area (Å²) in [5, 5.41) is 8.17. The van der Waals surface area contributed by atoms with Gasteiger partial charge in [-0.2, -0.15) is 9.97 Å². The SMILES string of the molecule is CN=CC(=CN)c1cc(Nc2nc(Nc3ccc4nccnc4c3P(C)(C)=O)c3cc[nH]c3n2)c2c(c1N1CCN(C)CC1)OCO2. The first-order valence-electron chi connectivity index (χ1n) is 15.2. The van der Waals surface area contributed by atoms with Gasteiger partial charge in [0, 0.05) is 75.4 Å². The molecule has 5 N–H and O–H groups in total. The largest absolute Gasteiger partial charge is 0.451 e. The molecule has 0 radical (unpaired) electrons. The van der Waals surface area contributed by atoms with Crippen LogP contribution < -0.4 is 36.0 Å². The maximum atomic E-state index is 13.6. The summed E-state index contributed by atoms with van der Waals surface area (Å²) in [5.41, 5.74) is 11.7. The zero-order valence-electron chi connectivity index (χ0n) is 26.6. The van der Waals surface area contributed by atoms with Crippen LogP contribution in [-0.4, -0.2) is 96.4 Å². The van der Waals surface area contributed by atoms with Crippen molar-refractivity contribution in [3.8, 4) is 11.5 Å². The Bertz CT molecular complexity index is 2100. The molecular weight excluding hydrogens is 617 g/mol. The van der Waals surface area contributed by atoms with E-state index in [-0.39, 0.29) is 6.79 Å². The summed E-state index contributed by atoms with van der Waals surface area (Å²) in [6.07, 6.45) is 8.30. The number of nitrogens with one attached hydrogen (secondary N) is 3. The zero-order valence-corrected chi connectivity index (χ0v) is 27.5. The molecule has 0 amide bonds. The summed E-state index contributed by atoms with van der Waals surface area (Å²) in [6, 6.07) is 7.57. The first-order valence-corrected chi connectivity index (χ1v) is 17.8. The predicted octanol–water partition coefficient (Wildman–Crippen LogP) is 4.12. The second-order valence-electron chi connectivity index (χ2n) is 11.8. The van der Waals surface area contributed by atoms with E-state index in [2.05, 4.69) is 47.4 Å². The first-order chi connectivity index (χ1) is 22.7. The smallest absolute Gasteiger partial charge is 0.231 e. The van der Waals surface area contributed by atoms with Crippen molar-refractivity contribution in [1.82, 2.24) is 29.8 Å². The highest BCUT2D eigenvalue weighted by Crippen LogP contribution is 2.51. The third kappa shape index (κ3) is 5.70. The van der Waals surface area contributed by atoms with Crippen LogP contribution in [0.2, 0.25) is 0 Å². The maximum Gasteiger partial charge on any atom is 0.231 e. The van der Waals surface area contributed by atoms with E-state index in [0.29, 0.717) is 56.6 Å². The van der Waals surface area contributed by atoms with E-state index in [1.165, 1.54) is 0 Å². The highest BCUT2D eigenvalue weighted by Gasteiger charge is 2.31. The maximum absolute atomic E-state index is 13.6. The van der Waals surface area contributed by atoms with Gasteiger partial charge in [0.1, 0.15) is 24.1 Å². The number of aromatic nitrogens is 5. The van der Waals surface area contributed by atoms with Crippen LogP contribution in [0.4, 0.5) is 28.8 Å². The summed E-state index contributed by atoms with van der Waals surface area (Å²) in [7, 11) is 1.03. The number of H-pyrrole nitrogens is 1. The lowest BCUT2D eigenvalue weighted by molar-refractivity contribution is 0.174. The monoisotopic (exact) mass is 653 g/mol. The number of aromatic amines is 1. The van der Waals surface area contributed by atoms with Gasteiger partial charge >= 0.3 is 0 Å². The van der Waals surface area contributed by atoms with Gasteiger partial charge in [0.15, 0.2) is 11.5 Å². The van der Waals surface area contributed by atoms with Crippen molar-refractivity contribution < 1.29 is 14.0 Å². The number of allylic oxidation sites excluding steroid dienone is 1. The van der Waals surface area contributed by atoms with Crippen molar-refractivity contribution in [2.24, 2.45) is 10.7 Å². The molecule has 14 nitrogen and oxygen atoms in total. The Labute approximate surface area is 271 Å². The molecule has 242 valence electrons. The Morgan fingerprint density at radius 1 is 1.04 bits per heavy atom. The van der Waals surface area contributed by atoms with Crippen LogP contribution in [0.1, 0.15) is 5.56 Å². The minimum Gasteiger partial charge on any atom is -0.451 e. The fourth-order valence-electron chi connectivity index (χ4n) is 6.06. The van der Waals surface area contributed by atoms with Gasteiger partial charge in [0.05, 0.1) is 33.3 Å². The van der Waals surface area contributed by atoms with Crippen LogP contribution in [-0.2, 0) is 4.57 Å². The van der Waals surface area contributed by atoms with E-state index in [4.69, 9.17) is 25.2 Å². The number of rotatable bonds is 8. The Kier molecular flexibility index (Phi) is 7.90. The van der Waals surface area contributed by atoms with Crippen molar-refractivity contribution in [1.29, 1.82) is 0 Å². The second kappa shape index (κ2) is 12.2. The molecule has 47 heavy (non-hydrogen) atoms. The number of nitrogens with two attached hydrogens (primary N) is 1. The fourth-order valence-corrected chi connectivity index (χ4v) is 7.45. The number of anilines is 5. The minimum atomic E-state index is -2.80. The van der Waals surface area contributed by atoms with Crippen molar-refractivity contribution in [2.75, 3.05) is 75.9 Å². The highest BCUT2D eigenvalue weighted by molar-refractivity contribution is 7.71.